The maximum Gasteiger partial charge on any atom is 0.0702 e. The van der Waals surface area contributed by atoms with Gasteiger partial charge in [0.05, 0.1) is 16.7 Å². The lowest BCUT2D eigenvalue weighted by Gasteiger charge is -2.24. The van der Waals surface area contributed by atoms with Crippen LogP contribution >= 0.6 is 0 Å². The molecule has 13 rings (SSSR count). The van der Waals surface area contributed by atoms with E-state index in [4.69, 9.17) is 0 Å². The third-order valence-corrected chi connectivity index (χ3v) is 15.0. The number of benzene rings is 9. The van der Waals surface area contributed by atoms with Gasteiger partial charge in [-0.2, -0.15) is 0 Å². The minimum atomic E-state index is -0.120. The lowest BCUT2D eigenvalue weighted by atomic mass is 9.79. The van der Waals surface area contributed by atoms with Gasteiger partial charge in [0, 0.05) is 39.1 Å². The number of fused-ring (bicyclic) bond motifs is 9. The summed E-state index contributed by atoms with van der Waals surface area (Å²) in [7, 11) is 0. The van der Waals surface area contributed by atoms with Gasteiger partial charge < -0.3 is 4.57 Å². The predicted molar refractivity (Wildman–Crippen MR) is 281 cm³/mol. The highest BCUT2D eigenvalue weighted by molar-refractivity contribution is 6.12. The van der Waals surface area contributed by atoms with Gasteiger partial charge in [0.25, 0.3) is 0 Å². The quantitative estimate of drug-likeness (QED) is 0.163. The highest BCUT2D eigenvalue weighted by Crippen LogP contribution is 2.56. The lowest BCUT2D eigenvalue weighted by molar-refractivity contribution is 0.652. The maximum absolute atomic E-state index is 4.66. The Kier molecular flexibility index (Phi) is 8.64. The summed E-state index contributed by atoms with van der Waals surface area (Å²) in [4.78, 5) is 4.66. The molecule has 0 radical (unpaired) electrons. The molecular weight excluding hydrogens is 809 g/mol. The molecule has 318 valence electrons. The van der Waals surface area contributed by atoms with Gasteiger partial charge in [0.1, 0.15) is 0 Å². The fraction of sp³-hybridized carbons (Fsp3) is 0.0923. The number of aromatic nitrogens is 2. The molecule has 2 aliphatic rings. The van der Waals surface area contributed by atoms with Gasteiger partial charge in [-0.25, -0.2) is 0 Å². The average Bonchev–Trinajstić information content (AvgIpc) is 3.92. The van der Waals surface area contributed by atoms with Gasteiger partial charge in [-0.05, 0) is 162 Å². The highest BCUT2D eigenvalue weighted by atomic mass is 15.0. The molecule has 0 amide bonds. The van der Waals surface area contributed by atoms with Crippen molar-refractivity contribution < 1.29 is 0 Å². The first-order valence-electron chi connectivity index (χ1n) is 23.5. The molecule has 2 aromatic heterocycles. The maximum atomic E-state index is 4.66. The van der Waals surface area contributed by atoms with Gasteiger partial charge in [-0.3, -0.25) is 4.98 Å². The van der Waals surface area contributed by atoms with Crippen LogP contribution in [0.4, 0.5) is 0 Å². The number of nitrogens with zero attached hydrogens (tertiary/aromatic N) is 2. The molecule has 11 aromatic rings. The molecule has 2 heteroatoms. The Morgan fingerprint density at radius 1 is 0.313 bits per heavy atom. The first-order valence-corrected chi connectivity index (χ1v) is 23.5. The Bertz CT molecular complexity index is 3720. The third kappa shape index (κ3) is 6.13. The molecule has 0 bridgehead atoms. The molecule has 9 aromatic carbocycles. The second-order valence-corrected chi connectivity index (χ2v) is 19.6. The van der Waals surface area contributed by atoms with Crippen molar-refractivity contribution in [3.8, 4) is 83.7 Å². The molecule has 2 aliphatic carbocycles. The van der Waals surface area contributed by atoms with Crippen molar-refractivity contribution in [3.05, 3.63) is 241 Å². The number of pyridine rings is 1. The van der Waals surface area contributed by atoms with E-state index in [1.165, 1.54) is 111 Å². The van der Waals surface area contributed by atoms with E-state index < -0.39 is 0 Å². The summed E-state index contributed by atoms with van der Waals surface area (Å²) in [5, 5.41) is 2.44. The topological polar surface area (TPSA) is 17.8 Å². The van der Waals surface area contributed by atoms with Crippen molar-refractivity contribution in [2.24, 2.45) is 0 Å². The van der Waals surface area contributed by atoms with Gasteiger partial charge in [-0.15, -0.1) is 0 Å². The van der Waals surface area contributed by atoms with Crippen molar-refractivity contribution in [2.45, 2.75) is 38.5 Å². The second-order valence-electron chi connectivity index (χ2n) is 19.6. The Hall–Kier alpha value is -8.07. The van der Waals surface area contributed by atoms with Crippen molar-refractivity contribution in [1.29, 1.82) is 0 Å². The summed E-state index contributed by atoms with van der Waals surface area (Å²) < 4.78 is 2.50. The van der Waals surface area contributed by atoms with Gasteiger partial charge in [0.15, 0.2) is 0 Å². The van der Waals surface area contributed by atoms with E-state index in [0.29, 0.717) is 0 Å². The van der Waals surface area contributed by atoms with Crippen molar-refractivity contribution >= 4 is 21.8 Å². The summed E-state index contributed by atoms with van der Waals surface area (Å²) >= 11 is 0. The molecule has 0 fully saturated rings. The largest absolute Gasteiger partial charge is 0.309 e. The standard InChI is InChI=1S/C65H48N2/c1-64(2)57-23-12-11-22-51(57)54-39-60-55(40-59(54)64)53-36-44(26-29-58(53)65(60,3)4)46-25-28-52-56-37-45(43-20-15-21-47(32-43)61-24-13-14-31-66-61)27-30-62(56)67(63(52)38-46)50-34-48(41-16-7-5-8-17-41)33-49(35-50)42-18-9-6-10-19-42/h5-40H,1-4H3. The monoisotopic (exact) mass is 856 g/mol. The van der Waals surface area contributed by atoms with E-state index in [9.17, 15) is 0 Å². The zero-order valence-corrected chi connectivity index (χ0v) is 38.2. The second kappa shape index (κ2) is 14.7. The SMILES string of the molecule is CC1(C)c2ccccc2-c2cc3c(cc21)-c1cc(-c2ccc4c5cc(-c6cccc(-c7ccccn7)c6)ccc5n(-c5cc(-c6ccccc6)cc(-c6ccccc6)c5)c4c2)ccc1C3(C)C. The summed E-state index contributed by atoms with van der Waals surface area (Å²) in [5.41, 5.74) is 26.0. The van der Waals surface area contributed by atoms with Crippen LogP contribution in [0.25, 0.3) is 106 Å². The minimum Gasteiger partial charge on any atom is -0.309 e. The fourth-order valence-corrected chi connectivity index (χ4v) is 11.5. The molecule has 0 unspecified atom stereocenters. The van der Waals surface area contributed by atoms with Gasteiger partial charge in [-0.1, -0.05) is 167 Å². The fourth-order valence-electron chi connectivity index (χ4n) is 11.5. The zero-order chi connectivity index (χ0) is 45.0. The molecule has 0 atom stereocenters. The Balaban J connectivity index is 1.01. The van der Waals surface area contributed by atoms with Gasteiger partial charge >= 0.3 is 0 Å². The minimum absolute atomic E-state index is 0.0656. The molecule has 0 N–H and O–H groups in total. The summed E-state index contributed by atoms with van der Waals surface area (Å²) in [6.07, 6.45) is 1.86. The average molecular weight is 857 g/mol. The number of hydrogen-bond donors (Lipinski definition) is 0. The molecule has 0 saturated carbocycles. The van der Waals surface area contributed by atoms with Crippen LogP contribution in [0.5, 0.6) is 0 Å². The normalized spacial score (nSPS) is 13.9. The Morgan fingerprint density at radius 3 is 1.57 bits per heavy atom. The summed E-state index contributed by atoms with van der Waals surface area (Å²) in [6, 6.07) is 78.8. The van der Waals surface area contributed by atoms with Crippen LogP contribution in [0.2, 0.25) is 0 Å². The summed E-state index contributed by atoms with van der Waals surface area (Å²) in [6.45, 7) is 9.57. The molecular formula is C65H48N2. The Labute approximate surface area is 392 Å². The van der Waals surface area contributed by atoms with E-state index in [0.717, 1.165) is 16.9 Å². The van der Waals surface area contributed by atoms with E-state index >= 15 is 0 Å². The molecule has 67 heavy (non-hydrogen) atoms. The van der Waals surface area contributed by atoms with Crippen molar-refractivity contribution in [2.75, 3.05) is 0 Å². The van der Waals surface area contributed by atoms with Crippen molar-refractivity contribution in [1.82, 2.24) is 9.55 Å². The van der Waals surface area contributed by atoms with Crippen LogP contribution in [-0.4, -0.2) is 9.55 Å². The van der Waals surface area contributed by atoms with E-state index in [1.807, 2.05) is 18.3 Å². The van der Waals surface area contributed by atoms with Crippen LogP contribution in [0, 0.1) is 0 Å². The number of rotatable bonds is 6. The van der Waals surface area contributed by atoms with Crippen LogP contribution in [0.3, 0.4) is 0 Å². The van der Waals surface area contributed by atoms with E-state index in [-0.39, 0.29) is 10.8 Å². The van der Waals surface area contributed by atoms with Crippen molar-refractivity contribution in [3.63, 3.8) is 0 Å². The van der Waals surface area contributed by atoms with Crippen LogP contribution in [0.1, 0.15) is 49.9 Å². The lowest BCUT2D eigenvalue weighted by Crippen LogP contribution is -2.16. The molecule has 0 aliphatic heterocycles. The molecule has 0 spiro atoms. The molecule has 2 nitrogen and oxygen atoms in total. The first-order chi connectivity index (χ1) is 32.7. The Morgan fingerprint density at radius 2 is 0.851 bits per heavy atom. The van der Waals surface area contributed by atoms with E-state index in [1.54, 1.807) is 0 Å². The number of hydrogen-bond acceptors (Lipinski definition) is 1. The first kappa shape index (κ1) is 39.3. The zero-order valence-electron chi connectivity index (χ0n) is 38.2. The molecule has 0 saturated heterocycles. The van der Waals surface area contributed by atoms with Gasteiger partial charge in [0.2, 0.25) is 0 Å². The predicted octanol–water partition coefficient (Wildman–Crippen LogP) is 17.1. The van der Waals surface area contributed by atoms with Crippen LogP contribution in [-0.2, 0) is 10.8 Å². The smallest absolute Gasteiger partial charge is 0.0702 e. The summed E-state index contributed by atoms with van der Waals surface area (Å²) in [5.74, 6) is 0. The highest BCUT2D eigenvalue weighted by Gasteiger charge is 2.41. The van der Waals surface area contributed by atoms with Crippen LogP contribution in [0.15, 0.2) is 219 Å². The third-order valence-electron chi connectivity index (χ3n) is 15.0. The van der Waals surface area contributed by atoms with Crippen LogP contribution < -0.4 is 0 Å². The van der Waals surface area contributed by atoms with E-state index in [2.05, 4.69) is 237 Å². The molecule has 2 heterocycles.